The van der Waals surface area contributed by atoms with Crippen LogP contribution in [0.4, 0.5) is 0 Å². The van der Waals surface area contributed by atoms with Gasteiger partial charge in [0.05, 0.1) is 6.10 Å². The van der Waals surface area contributed by atoms with Gasteiger partial charge in [0.1, 0.15) is 5.82 Å². The second-order valence-electron chi connectivity index (χ2n) is 4.21. The molecule has 1 unspecified atom stereocenters. The Morgan fingerprint density at radius 1 is 1.65 bits per heavy atom. The first kappa shape index (κ1) is 12.0. The number of ether oxygens (including phenoxy) is 1. The van der Waals surface area contributed by atoms with Crippen molar-refractivity contribution >= 4 is 5.91 Å². The van der Waals surface area contributed by atoms with E-state index in [-0.39, 0.29) is 17.8 Å². The number of nitrogens with one attached hydrogen (secondary N) is 1. The molecule has 1 fully saturated rings. The molecule has 2 rings (SSSR count). The summed E-state index contributed by atoms with van der Waals surface area (Å²) in [5.74, 6) is 0.898. The number of aryl methyl sites for hydroxylation is 1. The molecule has 0 spiro atoms. The quantitative estimate of drug-likeness (QED) is 0.838. The number of nitrogens with zero attached hydrogens (tertiary/aromatic N) is 3. The van der Waals surface area contributed by atoms with Crippen molar-refractivity contribution in [3.63, 3.8) is 0 Å². The number of carbonyl (C=O) groups excluding carboxylic acids is 1. The van der Waals surface area contributed by atoms with Crippen LogP contribution >= 0.6 is 0 Å². The lowest BCUT2D eigenvalue weighted by molar-refractivity contribution is 0.0262. The number of aromatic nitrogens is 3. The lowest BCUT2D eigenvalue weighted by Crippen LogP contribution is -2.43. The largest absolute Gasteiger partial charge is 0.380 e. The summed E-state index contributed by atoms with van der Waals surface area (Å²) in [5.41, 5.74) is 0. The SMILES string of the molecule is CCc1nc(C(=O)N2CCCC(OC)C2)n[nH]1. The summed E-state index contributed by atoms with van der Waals surface area (Å²) in [6.07, 6.45) is 2.86. The second-order valence-corrected chi connectivity index (χ2v) is 4.21. The number of hydrogen-bond donors (Lipinski definition) is 1. The Hall–Kier alpha value is -1.43. The normalized spacial score (nSPS) is 20.6. The molecule has 0 radical (unpaired) electrons. The van der Waals surface area contributed by atoms with E-state index in [1.54, 1.807) is 12.0 Å². The molecular weight excluding hydrogens is 220 g/mol. The first-order valence-electron chi connectivity index (χ1n) is 5.98. The van der Waals surface area contributed by atoms with Crippen molar-refractivity contribution in [3.05, 3.63) is 11.6 Å². The first-order chi connectivity index (χ1) is 8.24. The van der Waals surface area contributed by atoms with Gasteiger partial charge in [0, 0.05) is 26.6 Å². The molecule has 6 heteroatoms. The van der Waals surface area contributed by atoms with Crippen LogP contribution < -0.4 is 0 Å². The van der Waals surface area contributed by atoms with E-state index in [1.165, 1.54) is 0 Å². The van der Waals surface area contributed by atoms with Gasteiger partial charge in [0.25, 0.3) is 5.91 Å². The van der Waals surface area contributed by atoms with Crippen LogP contribution in [-0.4, -0.2) is 52.3 Å². The van der Waals surface area contributed by atoms with Crippen molar-refractivity contribution in [2.45, 2.75) is 32.3 Å². The molecule has 94 valence electrons. The number of hydrogen-bond acceptors (Lipinski definition) is 4. The Balaban J connectivity index is 2.03. The Morgan fingerprint density at radius 2 is 2.47 bits per heavy atom. The third kappa shape index (κ3) is 2.63. The minimum absolute atomic E-state index is 0.109. The van der Waals surface area contributed by atoms with Gasteiger partial charge in [-0.05, 0) is 12.8 Å². The molecule has 1 saturated heterocycles. The summed E-state index contributed by atoms with van der Waals surface area (Å²) in [6.45, 7) is 3.36. The molecular formula is C11H18N4O2. The molecule has 17 heavy (non-hydrogen) atoms. The summed E-state index contributed by atoms with van der Waals surface area (Å²) in [6, 6.07) is 0. The zero-order valence-corrected chi connectivity index (χ0v) is 10.3. The topological polar surface area (TPSA) is 71.1 Å². The Kier molecular flexibility index (Phi) is 3.73. The van der Waals surface area contributed by atoms with E-state index < -0.39 is 0 Å². The fourth-order valence-electron chi connectivity index (χ4n) is 2.01. The van der Waals surface area contributed by atoms with Crippen LogP contribution in [0.5, 0.6) is 0 Å². The Labute approximate surface area is 100 Å². The highest BCUT2D eigenvalue weighted by Crippen LogP contribution is 2.14. The molecule has 1 aromatic heterocycles. The predicted octanol–water partition coefficient (Wildman–Crippen LogP) is 0.618. The van der Waals surface area contributed by atoms with Crippen molar-refractivity contribution in [2.75, 3.05) is 20.2 Å². The Morgan fingerprint density at radius 3 is 3.12 bits per heavy atom. The zero-order chi connectivity index (χ0) is 12.3. The van der Waals surface area contributed by atoms with Crippen molar-refractivity contribution in [1.82, 2.24) is 20.1 Å². The highest BCUT2D eigenvalue weighted by Gasteiger charge is 2.26. The number of likely N-dealkylation sites (tertiary alicyclic amines) is 1. The van der Waals surface area contributed by atoms with Gasteiger partial charge in [-0.25, -0.2) is 4.98 Å². The molecule has 1 atom stereocenters. The third-order valence-electron chi connectivity index (χ3n) is 3.06. The van der Waals surface area contributed by atoms with Crippen molar-refractivity contribution in [3.8, 4) is 0 Å². The maximum absolute atomic E-state index is 12.1. The number of rotatable bonds is 3. The molecule has 1 aliphatic heterocycles. The standard InChI is InChI=1S/C11H18N4O2/c1-3-9-12-10(14-13-9)11(16)15-6-4-5-8(7-15)17-2/h8H,3-7H2,1-2H3,(H,12,13,14). The molecule has 2 heterocycles. The van der Waals surface area contributed by atoms with Gasteiger partial charge in [-0.1, -0.05) is 6.92 Å². The van der Waals surface area contributed by atoms with Crippen LogP contribution in [-0.2, 0) is 11.2 Å². The number of H-pyrrole nitrogens is 1. The minimum atomic E-state index is -0.109. The van der Waals surface area contributed by atoms with Gasteiger partial charge in [-0.15, -0.1) is 5.10 Å². The molecule has 0 bridgehead atoms. The van der Waals surface area contributed by atoms with Gasteiger partial charge in [0.15, 0.2) is 0 Å². The number of amides is 1. The van der Waals surface area contributed by atoms with Crippen molar-refractivity contribution in [1.29, 1.82) is 0 Å². The van der Waals surface area contributed by atoms with Crippen LogP contribution in [0.25, 0.3) is 0 Å². The monoisotopic (exact) mass is 238 g/mol. The van der Waals surface area contributed by atoms with E-state index >= 15 is 0 Å². The number of aromatic amines is 1. The molecule has 6 nitrogen and oxygen atoms in total. The highest BCUT2D eigenvalue weighted by molar-refractivity contribution is 5.90. The molecule has 1 N–H and O–H groups in total. The summed E-state index contributed by atoms with van der Waals surface area (Å²) in [7, 11) is 1.68. The predicted molar refractivity (Wildman–Crippen MR) is 61.7 cm³/mol. The van der Waals surface area contributed by atoms with E-state index in [9.17, 15) is 4.79 Å². The van der Waals surface area contributed by atoms with Crippen molar-refractivity contribution < 1.29 is 9.53 Å². The Bertz CT molecular complexity index is 391. The maximum atomic E-state index is 12.1. The van der Waals surface area contributed by atoms with Gasteiger partial charge in [-0.3, -0.25) is 9.89 Å². The van der Waals surface area contributed by atoms with E-state index in [0.717, 1.165) is 31.6 Å². The summed E-state index contributed by atoms with van der Waals surface area (Å²) in [4.78, 5) is 18.0. The third-order valence-corrected chi connectivity index (χ3v) is 3.06. The number of methoxy groups -OCH3 is 1. The first-order valence-corrected chi connectivity index (χ1v) is 5.98. The van der Waals surface area contributed by atoms with Crippen LogP contribution in [0.2, 0.25) is 0 Å². The van der Waals surface area contributed by atoms with Crippen LogP contribution in [0, 0.1) is 0 Å². The van der Waals surface area contributed by atoms with Crippen LogP contribution in [0.15, 0.2) is 0 Å². The molecule has 0 aromatic carbocycles. The van der Waals surface area contributed by atoms with Gasteiger partial charge < -0.3 is 9.64 Å². The van der Waals surface area contributed by atoms with Gasteiger partial charge >= 0.3 is 0 Å². The highest BCUT2D eigenvalue weighted by atomic mass is 16.5. The fraction of sp³-hybridized carbons (Fsp3) is 0.727. The van der Waals surface area contributed by atoms with Crippen LogP contribution in [0.3, 0.4) is 0 Å². The summed E-state index contributed by atoms with van der Waals surface area (Å²) >= 11 is 0. The number of piperidine rings is 1. The van der Waals surface area contributed by atoms with E-state index in [1.807, 2.05) is 6.92 Å². The zero-order valence-electron chi connectivity index (χ0n) is 10.3. The lowest BCUT2D eigenvalue weighted by Gasteiger charge is -2.31. The lowest BCUT2D eigenvalue weighted by atomic mass is 10.1. The molecule has 0 aliphatic carbocycles. The molecule has 1 aromatic rings. The number of carbonyl (C=O) groups is 1. The van der Waals surface area contributed by atoms with E-state index in [2.05, 4.69) is 15.2 Å². The summed E-state index contributed by atoms with van der Waals surface area (Å²) in [5, 5.41) is 6.71. The molecule has 1 amide bonds. The molecule has 0 saturated carbocycles. The van der Waals surface area contributed by atoms with Crippen LogP contribution in [0.1, 0.15) is 36.2 Å². The summed E-state index contributed by atoms with van der Waals surface area (Å²) < 4.78 is 5.29. The smallest absolute Gasteiger partial charge is 0.293 e. The fourth-order valence-corrected chi connectivity index (χ4v) is 2.01. The molecule has 1 aliphatic rings. The van der Waals surface area contributed by atoms with Gasteiger partial charge in [0.2, 0.25) is 5.82 Å². The average Bonchev–Trinajstić information content (AvgIpc) is 2.86. The second kappa shape index (κ2) is 5.27. The van der Waals surface area contributed by atoms with E-state index in [4.69, 9.17) is 4.74 Å². The average molecular weight is 238 g/mol. The maximum Gasteiger partial charge on any atom is 0.293 e. The van der Waals surface area contributed by atoms with E-state index in [0.29, 0.717) is 6.54 Å². The minimum Gasteiger partial charge on any atom is -0.380 e. The van der Waals surface area contributed by atoms with Gasteiger partial charge in [-0.2, -0.15) is 0 Å². The van der Waals surface area contributed by atoms with Crippen molar-refractivity contribution in [2.24, 2.45) is 0 Å².